The van der Waals surface area contributed by atoms with E-state index in [1.165, 1.54) is 38.0 Å². The second kappa shape index (κ2) is 13.9. The zero-order chi connectivity index (χ0) is 29.2. The van der Waals surface area contributed by atoms with Gasteiger partial charge in [-0.15, -0.1) is 0 Å². The van der Waals surface area contributed by atoms with E-state index in [9.17, 15) is 26.3 Å². The molecule has 0 spiro atoms. The Morgan fingerprint density at radius 2 is 1.59 bits per heavy atom. The average Bonchev–Trinajstić information content (AvgIpc) is 3.48. The molecule has 1 unspecified atom stereocenters. The van der Waals surface area contributed by atoms with E-state index in [2.05, 4.69) is 37.7 Å². The summed E-state index contributed by atoms with van der Waals surface area (Å²) in [7, 11) is 0. The molecule has 2 aromatic rings. The van der Waals surface area contributed by atoms with Crippen molar-refractivity contribution in [3.05, 3.63) is 53.6 Å². The van der Waals surface area contributed by atoms with Crippen molar-refractivity contribution in [2.24, 2.45) is 5.92 Å². The van der Waals surface area contributed by atoms with Crippen molar-refractivity contribution in [1.29, 1.82) is 5.26 Å². The topological polar surface area (TPSA) is 123 Å². The summed E-state index contributed by atoms with van der Waals surface area (Å²) in [4.78, 5) is 27.5. The van der Waals surface area contributed by atoms with Gasteiger partial charge in [0, 0.05) is 44.5 Å². The molecule has 0 radical (unpaired) electrons. The van der Waals surface area contributed by atoms with Crippen molar-refractivity contribution in [2.75, 3.05) is 26.2 Å². The lowest BCUT2D eigenvalue weighted by atomic mass is 10.1. The molecule has 2 aliphatic rings. The fourth-order valence-electron chi connectivity index (χ4n) is 4.19. The minimum Gasteiger partial charge on any atom is -0.475 e. The Hall–Kier alpha value is -3.64. The highest BCUT2D eigenvalue weighted by molar-refractivity contribution is 5.73. The molecule has 0 saturated carbocycles. The lowest BCUT2D eigenvalue weighted by Crippen LogP contribution is -2.35. The monoisotopic (exact) mass is 563 g/mol. The minimum atomic E-state index is -5.08. The smallest absolute Gasteiger partial charge is 0.475 e. The molecule has 1 aromatic carbocycles. The molecule has 2 N–H and O–H groups in total. The maximum Gasteiger partial charge on any atom is 0.490 e. The number of alkyl halides is 6. The van der Waals surface area contributed by atoms with Crippen molar-refractivity contribution in [1.82, 2.24) is 19.4 Å². The van der Waals surface area contributed by atoms with Gasteiger partial charge in [0.25, 0.3) is 0 Å². The van der Waals surface area contributed by atoms with Crippen LogP contribution in [0.4, 0.5) is 26.3 Å². The molecule has 39 heavy (non-hydrogen) atoms. The number of hydrogen-bond donors (Lipinski definition) is 2. The third-order valence-corrected chi connectivity index (χ3v) is 5.80. The summed E-state index contributed by atoms with van der Waals surface area (Å²) in [5, 5.41) is 23.4. The standard InChI is InChI=1S/C20H25N5.2C2HF3O2/c21-11-17-4-3-5-18(10-17)12-24-14-19(13-23-7-1-2-8-23)15-25-9-6-22-20(25)16-24;2*3-2(4,5)1(6)7/h3-6,9-10,19H,1-2,7-8,12-16H2;2*(H,6,7). The van der Waals surface area contributed by atoms with Gasteiger partial charge in [0.1, 0.15) is 5.82 Å². The van der Waals surface area contributed by atoms with Gasteiger partial charge in [-0.3, -0.25) is 4.90 Å². The van der Waals surface area contributed by atoms with E-state index in [-0.39, 0.29) is 0 Å². The quantitative estimate of drug-likeness (QED) is 0.540. The third kappa shape index (κ3) is 10.9. The predicted octanol–water partition coefficient (Wildman–Crippen LogP) is 3.75. The number of fused-ring (bicyclic) bond motifs is 1. The number of likely N-dealkylation sites (tertiary alicyclic amines) is 1. The van der Waals surface area contributed by atoms with Crippen molar-refractivity contribution in [3.63, 3.8) is 0 Å². The van der Waals surface area contributed by atoms with Crippen LogP contribution in [-0.4, -0.2) is 80.0 Å². The summed E-state index contributed by atoms with van der Waals surface area (Å²) in [5.74, 6) is -3.74. The Labute approximate surface area is 219 Å². The highest BCUT2D eigenvalue weighted by atomic mass is 19.4. The van der Waals surface area contributed by atoms with Crippen LogP contribution in [0.2, 0.25) is 0 Å². The average molecular weight is 563 g/mol. The summed E-state index contributed by atoms with van der Waals surface area (Å²) < 4.78 is 65.8. The molecule has 0 bridgehead atoms. The second-order valence-corrected chi connectivity index (χ2v) is 8.96. The molecule has 0 aliphatic carbocycles. The lowest BCUT2D eigenvalue weighted by Gasteiger charge is -2.27. The molecule has 1 fully saturated rings. The van der Waals surface area contributed by atoms with E-state index in [0.29, 0.717) is 5.92 Å². The number of benzene rings is 1. The van der Waals surface area contributed by atoms with Gasteiger partial charge in [-0.1, -0.05) is 12.1 Å². The summed E-state index contributed by atoms with van der Waals surface area (Å²) in [5.41, 5.74) is 1.95. The maximum absolute atomic E-state index is 10.6. The normalized spacial score (nSPS) is 17.9. The first kappa shape index (κ1) is 31.6. The number of hydrogen-bond acceptors (Lipinski definition) is 6. The molecule has 9 nitrogen and oxygen atoms in total. The van der Waals surface area contributed by atoms with Crippen molar-refractivity contribution < 1.29 is 46.1 Å². The Kier molecular flexibility index (Phi) is 11.3. The molecule has 1 aromatic heterocycles. The molecule has 214 valence electrons. The Morgan fingerprint density at radius 3 is 2.13 bits per heavy atom. The number of imidazole rings is 1. The number of aromatic nitrogens is 2. The van der Waals surface area contributed by atoms with Gasteiger partial charge in [-0.05, 0) is 43.6 Å². The van der Waals surface area contributed by atoms with Crippen LogP contribution in [0.5, 0.6) is 0 Å². The summed E-state index contributed by atoms with van der Waals surface area (Å²) in [6.45, 7) is 7.55. The molecular formula is C24H27F6N5O4. The molecule has 1 saturated heterocycles. The molecule has 3 heterocycles. The van der Waals surface area contributed by atoms with Crippen molar-refractivity contribution in [3.8, 4) is 6.07 Å². The number of halogens is 6. The fourth-order valence-corrected chi connectivity index (χ4v) is 4.19. The minimum absolute atomic E-state index is 0.618. The van der Waals surface area contributed by atoms with Gasteiger partial charge in [-0.25, -0.2) is 14.6 Å². The molecule has 15 heteroatoms. The summed E-state index contributed by atoms with van der Waals surface area (Å²) >= 11 is 0. The molecule has 4 rings (SSSR count). The number of carbonyl (C=O) groups is 2. The van der Waals surface area contributed by atoms with E-state index in [4.69, 9.17) is 25.1 Å². The first-order valence-electron chi connectivity index (χ1n) is 11.7. The predicted molar refractivity (Wildman–Crippen MR) is 124 cm³/mol. The lowest BCUT2D eigenvalue weighted by molar-refractivity contribution is -0.193. The van der Waals surface area contributed by atoms with Gasteiger partial charge < -0.3 is 19.7 Å². The summed E-state index contributed by atoms with van der Waals surface area (Å²) in [6.07, 6.45) is -3.45. The highest BCUT2D eigenvalue weighted by Crippen LogP contribution is 2.21. The number of carboxylic acid groups (broad SMARTS) is 2. The largest absolute Gasteiger partial charge is 0.490 e. The van der Waals surface area contributed by atoms with Gasteiger partial charge >= 0.3 is 24.3 Å². The van der Waals surface area contributed by atoms with Crippen molar-refractivity contribution >= 4 is 11.9 Å². The van der Waals surface area contributed by atoms with Crippen LogP contribution in [-0.2, 0) is 29.2 Å². The second-order valence-electron chi connectivity index (χ2n) is 8.96. The van der Waals surface area contributed by atoms with Crippen LogP contribution < -0.4 is 0 Å². The maximum atomic E-state index is 10.6. The van der Waals surface area contributed by atoms with E-state index in [1.54, 1.807) is 0 Å². The van der Waals surface area contributed by atoms with Gasteiger partial charge in [0.2, 0.25) is 0 Å². The third-order valence-electron chi connectivity index (χ3n) is 5.80. The van der Waals surface area contributed by atoms with Crippen LogP contribution >= 0.6 is 0 Å². The number of carboxylic acids is 2. The van der Waals surface area contributed by atoms with Crippen LogP contribution in [0.15, 0.2) is 36.7 Å². The highest BCUT2D eigenvalue weighted by Gasteiger charge is 2.38. The number of aliphatic carboxylic acids is 2. The SMILES string of the molecule is N#Cc1cccc(CN2Cc3nccn3CC(CN3CCCC3)C2)c1.O=C(O)C(F)(F)F.O=C(O)C(F)(F)F. The Morgan fingerprint density at radius 1 is 1.00 bits per heavy atom. The van der Waals surface area contributed by atoms with E-state index in [0.717, 1.165) is 37.6 Å². The zero-order valence-electron chi connectivity index (χ0n) is 20.6. The number of rotatable bonds is 4. The number of nitrogens with zero attached hydrogens (tertiary/aromatic N) is 5. The van der Waals surface area contributed by atoms with Crippen LogP contribution in [0.1, 0.15) is 29.8 Å². The van der Waals surface area contributed by atoms with Crippen LogP contribution in [0.25, 0.3) is 0 Å². The summed E-state index contributed by atoms with van der Waals surface area (Å²) in [6, 6.07) is 10.2. The molecule has 2 aliphatic heterocycles. The Bertz CT molecular complexity index is 1120. The van der Waals surface area contributed by atoms with Gasteiger partial charge in [0.15, 0.2) is 0 Å². The molecular weight excluding hydrogens is 536 g/mol. The van der Waals surface area contributed by atoms with Crippen LogP contribution in [0, 0.1) is 17.2 Å². The van der Waals surface area contributed by atoms with E-state index < -0.39 is 24.3 Å². The zero-order valence-corrected chi connectivity index (χ0v) is 20.6. The number of nitriles is 1. The first-order chi connectivity index (χ1) is 18.2. The van der Waals surface area contributed by atoms with Crippen molar-refractivity contribution in [2.45, 2.75) is 44.8 Å². The van der Waals surface area contributed by atoms with E-state index in [1.807, 2.05) is 24.4 Å². The first-order valence-corrected chi connectivity index (χ1v) is 11.7. The van der Waals surface area contributed by atoms with E-state index >= 15 is 0 Å². The molecule has 1 atom stereocenters. The molecule has 0 amide bonds. The van der Waals surface area contributed by atoms with Crippen LogP contribution in [0.3, 0.4) is 0 Å². The van der Waals surface area contributed by atoms with Gasteiger partial charge in [-0.2, -0.15) is 31.6 Å². The fraction of sp³-hybridized carbons (Fsp3) is 0.500. The Balaban J connectivity index is 0.000000317. The van der Waals surface area contributed by atoms with Gasteiger partial charge in [0.05, 0.1) is 18.2 Å².